The highest BCUT2D eigenvalue weighted by Crippen LogP contribution is 2.25. The van der Waals surface area contributed by atoms with Crippen LogP contribution < -0.4 is 5.32 Å². The number of rotatable bonds is 4. The number of hydrogen-bond donors (Lipinski definition) is 1. The molecule has 0 unspecified atom stereocenters. The number of hydrogen-bond acceptors (Lipinski definition) is 6. The second-order valence-electron chi connectivity index (χ2n) is 4.83. The molecule has 0 atom stereocenters. The van der Waals surface area contributed by atoms with E-state index in [2.05, 4.69) is 20.4 Å². The van der Waals surface area contributed by atoms with E-state index in [-0.39, 0.29) is 5.91 Å². The smallest absolute Gasteiger partial charge is 0.275 e. The van der Waals surface area contributed by atoms with Gasteiger partial charge in [0.15, 0.2) is 10.8 Å². The van der Waals surface area contributed by atoms with E-state index in [1.54, 1.807) is 40.9 Å². The van der Waals surface area contributed by atoms with Gasteiger partial charge in [0.2, 0.25) is 0 Å². The molecule has 0 aliphatic heterocycles. The summed E-state index contributed by atoms with van der Waals surface area (Å²) >= 11 is 1.35. The van der Waals surface area contributed by atoms with Gasteiger partial charge in [0, 0.05) is 5.38 Å². The van der Waals surface area contributed by atoms with Gasteiger partial charge in [-0.05, 0) is 24.3 Å². The Morgan fingerprint density at radius 3 is 2.92 bits per heavy atom. The van der Waals surface area contributed by atoms with Crippen LogP contribution in [0.15, 0.2) is 65.1 Å². The average molecular weight is 337 g/mol. The summed E-state index contributed by atoms with van der Waals surface area (Å²) in [5.74, 6) is 0.346. The zero-order valence-electron chi connectivity index (χ0n) is 12.3. The lowest BCUT2D eigenvalue weighted by Gasteiger charge is -2.09. The van der Waals surface area contributed by atoms with E-state index in [0.717, 1.165) is 5.69 Å². The number of carbonyl (C=O) groups excluding carboxylic acids is 1. The summed E-state index contributed by atoms with van der Waals surface area (Å²) in [6, 6.07) is 10.9. The van der Waals surface area contributed by atoms with Gasteiger partial charge >= 0.3 is 0 Å². The first-order valence-electron chi connectivity index (χ1n) is 7.06. The maximum atomic E-state index is 12.5. The normalized spacial score (nSPS) is 10.7. The lowest BCUT2D eigenvalue weighted by molar-refractivity contribution is 0.102. The van der Waals surface area contributed by atoms with Gasteiger partial charge in [-0.2, -0.15) is 5.10 Å². The fraction of sp³-hybridized carbons (Fsp3) is 0. The van der Waals surface area contributed by atoms with Crippen LogP contribution >= 0.6 is 11.3 Å². The molecule has 0 aliphatic rings. The number of carbonyl (C=O) groups is 1. The number of benzene rings is 1. The molecule has 8 heteroatoms. The Morgan fingerprint density at radius 1 is 1.21 bits per heavy atom. The van der Waals surface area contributed by atoms with E-state index in [1.807, 2.05) is 18.2 Å². The predicted molar refractivity (Wildman–Crippen MR) is 89.1 cm³/mol. The molecule has 0 saturated heterocycles. The first kappa shape index (κ1) is 14.3. The molecule has 24 heavy (non-hydrogen) atoms. The third-order valence-corrected chi connectivity index (χ3v) is 4.14. The minimum Gasteiger partial charge on any atom is -0.462 e. The highest BCUT2D eigenvalue weighted by molar-refractivity contribution is 7.13. The number of thiazole rings is 1. The number of amides is 1. The Balaban J connectivity index is 1.59. The molecule has 0 spiro atoms. The van der Waals surface area contributed by atoms with Crippen LogP contribution in [0.4, 0.5) is 5.69 Å². The van der Waals surface area contributed by atoms with E-state index < -0.39 is 0 Å². The Hall–Kier alpha value is -3.26. The van der Waals surface area contributed by atoms with Gasteiger partial charge in [-0.25, -0.2) is 14.6 Å². The molecule has 0 aliphatic carbocycles. The molecule has 0 radical (unpaired) electrons. The molecule has 1 N–H and O–H groups in total. The molecule has 4 rings (SSSR count). The summed E-state index contributed by atoms with van der Waals surface area (Å²) < 4.78 is 6.88. The number of para-hydroxylation sites is 2. The molecule has 0 bridgehead atoms. The molecule has 7 nitrogen and oxygen atoms in total. The Labute approximate surface area is 140 Å². The van der Waals surface area contributed by atoms with Gasteiger partial charge < -0.3 is 9.73 Å². The van der Waals surface area contributed by atoms with Crippen LogP contribution in [0.25, 0.3) is 16.5 Å². The molecule has 3 aromatic heterocycles. The molecule has 1 aromatic carbocycles. The maximum Gasteiger partial charge on any atom is 0.275 e. The Bertz CT molecular complexity index is 960. The highest BCUT2D eigenvalue weighted by Gasteiger charge is 2.15. The van der Waals surface area contributed by atoms with Crippen molar-refractivity contribution < 1.29 is 9.21 Å². The van der Waals surface area contributed by atoms with Crippen molar-refractivity contribution in [3.8, 4) is 16.5 Å². The Kier molecular flexibility index (Phi) is 3.64. The molecule has 0 saturated carbocycles. The largest absolute Gasteiger partial charge is 0.462 e. The first-order valence-corrected chi connectivity index (χ1v) is 7.94. The fourth-order valence-corrected chi connectivity index (χ4v) is 2.96. The van der Waals surface area contributed by atoms with Gasteiger partial charge in [-0.15, -0.1) is 11.3 Å². The van der Waals surface area contributed by atoms with Gasteiger partial charge in [0.25, 0.3) is 5.91 Å². The predicted octanol–water partition coefficient (Wildman–Crippen LogP) is 3.24. The van der Waals surface area contributed by atoms with Gasteiger partial charge in [-0.1, -0.05) is 12.1 Å². The van der Waals surface area contributed by atoms with Gasteiger partial charge in [0.05, 0.1) is 17.6 Å². The Morgan fingerprint density at radius 2 is 2.12 bits per heavy atom. The van der Waals surface area contributed by atoms with Crippen LogP contribution in [0.2, 0.25) is 0 Å². The SMILES string of the molecule is O=C(Nc1ccccc1-n1cncn1)c1csc(-c2ccco2)n1. The number of nitrogens with one attached hydrogen (secondary N) is 1. The third-order valence-electron chi connectivity index (χ3n) is 3.29. The number of aromatic nitrogens is 4. The summed E-state index contributed by atoms with van der Waals surface area (Å²) in [5.41, 5.74) is 1.69. The zero-order chi connectivity index (χ0) is 16.4. The van der Waals surface area contributed by atoms with Crippen LogP contribution in [0.1, 0.15) is 10.5 Å². The maximum absolute atomic E-state index is 12.5. The standard InChI is InChI=1S/C16H11N5O2S/c22-15(12-8-24-16(20-12)14-6-3-7-23-14)19-11-4-1-2-5-13(11)21-10-17-9-18-21/h1-10H,(H,19,22). The van der Waals surface area contributed by atoms with Crippen LogP contribution in [0.5, 0.6) is 0 Å². The molecular weight excluding hydrogens is 326 g/mol. The van der Waals surface area contributed by atoms with E-state index in [0.29, 0.717) is 22.1 Å². The van der Waals surface area contributed by atoms with Crippen molar-refractivity contribution in [3.63, 3.8) is 0 Å². The monoisotopic (exact) mass is 337 g/mol. The average Bonchev–Trinajstić information content (AvgIpc) is 3.35. The summed E-state index contributed by atoms with van der Waals surface area (Å²) in [6.45, 7) is 0. The topological polar surface area (TPSA) is 85.8 Å². The summed E-state index contributed by atoms with van der Waals surface area (Å²) in [6.07, 6.45) is 4.59. The molecular formula is C16H11N5O2S. The second kappa shape index (κ2) is 6.09. The van der Waals surface area contributed by atoms with E-state index >= 15 is 0 Å². The van der Waals surface area contributed by atoms with Crippen molar-refractivity contribution in [2.45, 2.75) is 0 Å². The lowest BCUT2D eigenvalue weighted by atomic mass is 10.2. The second-order valence-corrected chi connectivity index (χ2v) is 5.68. The highest BCUT2D eigenvalue weighted by atomic mass is 32.1. The van der Waals surface area contributed by atoms with Crippen molar-refractivity contribution in [2.75, 3.05) is 5.32 Å². The minimum atomic E-state index is -0.295. The van der Waals surface area contributed by atoms with Gasteiger partial charge in [-0.3, -0.25) is 4.79 Å². The minimum absolute atomic E-state index is 0.295. The summed E-state index contributed by atoms with van der Waals surface area (Å²) in [7, 11) is 0. The zero-order valence-corrected chi connectivity index (χ0v) is 13.1. The number of anilines is 1. The quantitative estimate of drug-likeness (QED) is 0.618. The third kappa shape index (κ3) is 2.70. The van der Waals surface area contributed by atoms with E-state index in [1.165, 1.54) is 17.7 Å². The van der Waals surface area contributed by atoms with E-state index in [9.17, 15) is 4.79 Å². The lowest BCUT2D eigenvalue weighted by Crippen LogP contribution is -2.14. The van der Waals surface area contributed by atoms with Gasteiger partial charge in [0.1, 0.15) is 18.3 Å². The fourth-order valence-electron chi connectivity index (χ4n) is 2.19. The summed E-state index contributed by atoms with van der Waals surface area (Å²) in [4.78, 5) is 20.7. The molecule has 1 amide bonds. The van der Waals surface area contributed by atoms with Crippen molar-refractivity contribution in [2.24, 2.45) is 0 Å². The summed E-state index contributed by atoms with van der Waals surface area (Å²) in [5, 5.41) is 9.31. The molecule has 4 aromatic rings. The number of nitrogens with zero attached hydrogens (tertiary/aromatic N) is 4. The van der Waals surface area contributed by atoms with E-state index in [4.69, 9.17) is 4.42 Å². The van der Waals surface area contributed by atoms with Crippen molar-refractivity contribution in [1.82, 2.24) is 19.7 Å². The van der Waals surface area contributed by atoms with Crippen LogP contribution in [-0.4, -0.2) is 25.7 Å². The van der Waals surface area contributed by atoms with Crippen LogP contribution in [0, 0.1) is 0 Å². The van der Waals surface area contributed by atoms with Crippen LogP contribution in [0.3, 0.4) is 0 Å². The first-order chi connectivity index (χ1) is 11.8. The van der Waals surface area contributed by atoms with Crippen molar-refractivity contribution >= 4 is 22.9 Å². The molecule has 3 heterocycles. The number of furan rings is 1. The van der Waals surface area contributed by atoms with Crippen molar-refractivity contribution in [3.05, 3.63) is 66.4 Å². The molecule has 0 fully saturated rings. The van der Waals surface area contributed by atoms with Crippen molar-refractivity contribution in [1.29, 1.82) is 0 Å². The van der Waals surface area contributed by atoms with Crippen LogP contribution in [-0.2, 0) is 0 Å². The molecule has 118 valence electrons.